The van der Waals surface area contributed by atoms with E-state index in [1.807, 2.05) is 13.8 Å². The highest BCUT2D eigenvalue weighted by Gasteiger charge is 2.39. The predicted molar refractivity (Wildman–Crippen MR) is 301 cm³/mol. The quantitative estimate of drug-likeness (QED) is 0.0701. The fraction of sp³-hybridized carbons (Fsp3) is 0.294. The van der Waals surface area contributed by atoms with E-state index >= 15 is 0 Å². The number of halogens is 3. The summed E-state index contributed by atoms with van der Waals surface area (Å²) in [4.78, 5) is 128. The van der Waals surface area contributed by atoms with E-state index in [-0.39, 0.29) is 79.0 Å². The van der Waals surface area contributed by atoms with Gasteiger partial charge < -0.3 is 41.4 Å². The number of nitrogens with zero attached hydrogens (tertiary/aromatic N) is 7. The summed E-state index contributed by atoms with van der Waals surface area (Å²) < 4.78 is 50.8. The molecule has 1 aromatic carbocycles. The first-order valence-electron chi connectivity index (χ1n) is 24.5. The normalized spacial score (nSPS) is 16.5. The molecular formula is C51H46F3N13O9S6. The van der Waals surface area contributed by atoms with Gasteiger partial charge in [0.25, 0.3) is 17.7 Å². The van der Waals surface area contributed by atoms with E-state index in [2.05, 4.69) is 46.5 Å². The van der Waals surface area contributed by atoms with Gasteiger partial charge in [0.15, 0.2) is 6.10 Å². The van der Waals surface area contributed by atoms with Crippen LogP contribution in [-0.2, 0) is 35.3 Å². The molecule has 0 radical (unpaired) electrons. The smallest absolute Gasteiger partial charge is 0.455 e. The molecule has 82 heavy (non-hydrogen) atoms. The van der Waals surface area contributed by atoms with Gasteiger partial charge in [0.05, 0.1) is 42.2 Å². The second kappa shape index (κ2) is 25.1. The molecule has 1 aliphatic rings. The minimum absolute atomic E-state index is 0.0171. The van der Waals surface area contributed by atoms with Crippen LogP contribution in [0.25, 0.3) is 43.4 Å². The van der Waals surface area contributed by atoms with Gasteiger partial charge in [0, 0.05) is 53.0 Å². The van der Waals surface area contributed by atoms with Gasteiger partial charge in [-0.05, 0) is 30.5 Å². The van der Waals surface area contributed by atoms with Crippen LogP contribution in [0.15, 0.2) is 64.0 Å². The zero-order valence-electron chi connectivity index (χ0n) is 43.7. The van der Waals surface area contributed by atoms with E-state index in [0.29, 0.717) is 36.6 Å². The van der Waals surface area contributed by atoms with Crippen molar-refractivity contribution in [3.63, 3.8) is 0 Å². The van der Waals surface area contributed by atoms with Gasteiger partial charge >= 0.3 is 18.1 Å². The molecule has 6 amide bonds. The number of benzene rings is 1. The molecule has 0 saturated heterocycles. The van der Waals surface area contributed by atoms with Crippen LogP contribution in [0, 0.1) is 12.8 Å². The van der Waals surface area contributed by atoms with Gasteiger partial charge in [-0.1, -0.05) is 44.2 Å². The SMILES string of the molecule is CNC(=O)C[C@@H]1NC(=O)c2csc(n2)-c2ccc(-c3nc(NC(=O)C(F)(F)F)cs3)nc2-c2csc(n2)-c2csc(n2)[C@H]([C@@H](OC(C)=O)c2ccccc2)NC(=O)CNC(=O)c2nc(sc2COC)[C@@H](C(C)C)NC(=O)c2nc1sc2C. The number of ether oxygens (including phenoxy) is 2. The maximum Gasteiger partial charge on any atom is 0.471 e. The van der Waals surface area contributed by atoms with Crippen molar-refractivity contribution in [2.75, 3.05) is 26.0 Å². The molecular weight excluding hydrogens is 1190 g/mol. The number of anilines is 1. The molecule has 1 aliphatic heterocycles. The third-order valence-electron chi connectivity index (χ3n) is 12.0. The lowest BCUT2D eigenvalue weighted by Crippen LogP contribution is -2.41. The number of nitrogens with one attached hydrogen (secondary N) is 6. The number of esters is 1. The van der Waals surface area contributed by atoms with Crippen molar-refractivity contribution in [2.24, 2.45) is 5.92 Å². The zero-order chi connectivity index (χ0) is 58.6. The van der Waals surface area contributed by atoms with Crippen molar-refractivity contribution >= 4 is 115 Å². The predicted octanol–water partition coefficient (Wildman–Crippen LogP) is 8.38. The van der Waals surface area contributed by atoms with Crippen LogP contribution in [0.4, 0.5) is 19.0 Å². The molecule has 9 rings (SSSR count). The van der Waals surface area contributed by atoms with Crippen LogP contribution >= 0.6 is 68.0 Å². The van der Waals surface area contributed by atoms with E-state index in [0.717, 1.165) is 56.7 Å². The summed E-state index contributed by atoms with van der Waals surface area (Å²) in [6, 6.07) is 8.91. The van der Waals surface area contributed by atoms with Crippen LogP contribution in [-0.4, -0.2) is 103 Å². The molecule has 31 heteroatoms. The fourth-order valence-corrected chi connectivity index (χ4v) is 13.6. The maximum absolute atomic E-state index is 14.2. The molecule has 4 atom stereocenters. The van der Waals surface area contributed by atoms with Gasteiger partial charge in [0.1, 0.15) is 76.1 Å². The van der Waals surface area contributed by atoms with Gasteiger partial charge in [-0.2, -0.15) is 13.2 Å². The summed E-state index contributed by atoms with van der Waals surface area (Å²) in [6.07, 6.45) is -6.56. The van der Waals surface area contributed by atoms with Crippen LogP contribution in [0.3, 0.4) is 0 Å². The van der Waals surface area contributed by atoms with Crippen molar-refractivity contribution in [1.29, 1.82) is 0 Å². The second-order valence-electron chi connectivity index (χ2n) is 18.2. The zero-order valence-corrected chi connectivity index (χ0v) is 48.6. The van der Waals surface area contributed by atoms with E-state index in [9.17, 15) is 46.7 Å². The van der Waals surface area contributed by atoms with Gasteiger partial charge in [-0.25, -0.2) is 34.9 Å². The van der Waals surface area contributed by atoms with Crippen LogP contribution in [0.1, 0.15) is 113 Å². The summed E-state index contributed by atoms with van der Waals surface area (Å²) in [5.41, 5.74) is 1.79. The van der Waals surface area contributed by atoms with Crippen LogP contribution in [0.5, 0.6) is 0 Å². The first-order valence-corrected chi connectivity index (χ1v) is 29.6. The molecule has 6 N–H and O–H groups in total. The monoisotopic (exact) mass is 1230 g/mol. The molecule has 0 saturated carbocycles. The van der Waals surface area contributed by atoms with E-state index < -0.39 is 78.4 Å². The molecule has 8 aromatic rings. The van der Waals surface area contributed by atoms with E-state index in [1.54, 1.807) is 65.5 Å². The summed E-state index contributed by atoms with van der Waals surface area (Å²) in [5, 5.41) is 23.5. The number of hydrogen-bond acceptors (Lipinski definition) is 22. The lowest BCUT2D eigenvalue weighted by Gasteiger charge is -2.26. The number of methoxy groups -OCH3 is 1. The van der Waals surface area contributed by atoms with Crippen molar-refractivity contribution in [3.05, 3.63) is 111 Å². The minimum Gasteiger partial charge on any atom is -0.455 e. The number of thiazole rings is 6. The Bertz CT molecular complexity index is 3720. The van der Waals surface area contributed by atoms with Gasteiger partial charge in [-0.3, -0.25) is 33.6 Å². The number of aryl methyl sites for hydroxylation is 1. The Balaban J connectivity index is 1.15. The number of alkyl halides is 3. The average Bonchev–Trinajstić information content (AvgIpc) is 4.33. The summed E-state index contributed by atoms with van der Waals surface area (Å²) >= 11 is 6.53. The van der Waals surface area contributed by atoms with Crippen molar-refractivity contribution in [2.45, 2.75) is 71.1 Å². The first kappa shape index (κ1) is 58.8. The lowest BCUT2D eigenvalue weighted by molar-refractivity contribution is -0.167. The Morgan fingerprint density at radius 2 is 1.40 bits per heavy atom. The Hall–Kier alpha value is -7.81. The fourth-order valence-electron chi connectivity index (χ4n) is 8.13. The average molecular weight is 1230 g/mol. The van der Waals surface area contributed by atoms with Crippen molar-refractivity contribution in [1.82, 2.24) is 61.5 Å². The number of pyridine rings is 1. The van der Waals surface area contributed by atoms with E-state index in [1.165, 1.54) is 43.2 Å². The van der Waals surface area contributed by atoms with Gasteiger partial charge in [0.2, 0.25) is 11.8 Å². The number of amides is 6. The molecule has 0 aliphatic carbocycles. The molecule has 0 spiro atoms. The maximum atomic E-state index is 14.2. The number of carbonyl (C=O) groups excluding carboxylic acids is 7. The number of aromatic nitrogens is 7. The van der Waals surface area contributed by atoms with E-state index in [4.69, 9.17) is 24.4 Å². The van der Waals surface area contributed by atoms with Crippen LogP contribution < -0.4 is 31.9 Å². The summed E-state index contributed by atoms with van der Waals surface area (Å²) in [5.74, 6) is -6.65. The number of rotatable bonds is 10. The van der Waals surface area contributed by atoms with Crippen LogP contribution in [0.2, 0.25) is 0 Å². The topological polar surface area (TPSA) is 300 Å². The van der Waals surface area contributed by atoms with Gasteiger partial charge in [-0.15, -0.1) is 68.0 Å². The Kier molecular flexibility index (Phi) is 18.0. The molecule has 7 aromatic heterocycles. The largest absolute Gasteiger partial charge is 0.471 e. The van der Waals surface area contributed by atoms with Crippen molar-refractivity contribution in [3.8, 4) is 43.4 Å². The van der Waals surface area contributed by atoms with Crippen molar-refractivity contribution < 1.29 is 56.2 Å². The molecule has 0 fully saturated rings. The molecule has 10 bridgehead atoms. The Morgan fingerprint density at radius 1 is 0.707 bits per heavy atom. The second-order valence-corrected chi connectivity index (χ2v) is 24.0. The minimum atomic E-state index is -5.17. The lowest BCUT2D eigenvalue weighted by atomic mass is 10.0. The highest BCUT2D eigenvalue weighted by atomic mass is 32.1. The first-order chi connectivity index (χ1) is 39.2. The third kappa shape index (κ3) is 13.4. The summed E-state index contributed by atoms with van der Waals surface area (Å²) in [6.45, 7) is 6.00. The highest BCUT2D eigenvalue weighted by Crippen LogP contribution is 2.41. The standard InChI is InChI=1S/C51H46F3N13O9S6/c1-21(2)35-49-67-38(31(82-49)16-75-6)42(72)56-15-34(70)64-39(40(76-23(4)68)24-10-8-7-9-11-24)48-61-30(19-79-48)46-59-28(17-78-46)37-25(12-13-26(57-37)45-62-32(20-80-45)63-50(74)51(52,53)54)44-60-29(18-77-44)41(71)58-27(14-33(69)55-5)47-66-36(22(3)81-47)43(73)65-35/h7-13,17-21,27,35,39-40H,14-16H2,1-6H3,(H,55,69)(H,56,72)(H,58,71)(H,63,74)(H,64,70)(H,65,73)/t27-,35+,39-,40-/m0/s1. The Labute approximate surface area is 487 Å². The molecule has 426 valence electrons. The number of fused-ring (bicyclic) bond motifs is 14. The summed E-state index contributed by atoms with van der Waals surface area (Å²) in [7, 11) is 2.88. The molecule has 22 nitrogen and oxygen atoms in total. The molecule has 8 heterocycles. The number of hydrogen-bond donors (Lipinski definition) is 6. The molecule has 0 unspecified atom stereocenters. The highest BCUT2D eigenvalue weighted by molar-refractivity contribution is 7.15. The third-order valence-corrected chi connectivity index (χ3v) is 17.7. The number of carbonyl (C=O) groups is 7. The Morgan fingerprint density at radius 3 is 2.12 bits per heavy atom.